The maximum absolute atomic E-state index is 13.2. The maximum Gasteiger partial charge on any atom is 0.490 e. The molecule has 0 saturated carbocycles. The molecule has 1 N–H and O–H groups in total. The lowest BCUT2D eigenvalue weighted by Crippen LogP contribution is -2.31. The van der Waals surface area contributed by atoms with Crippen molar-refractivity contribution in [2.24, 2.45) is 14.1 Å². The number of carbonyl (C=O) groups excluding carboxylic acids is 1. The topological polar surface area (TPSA) is 111 Å². The standard InChI is InChI=1S/C21H21N7O.C2HF3O2/c1-25-10-7-17-19(25)14-27(21(29)18-6-9-23-26(18)2)11-15-12-28(24-20(15)17)13-16-5-3-4-8-22-16;3-2(4,5)1(6)7/h3-10,12H,11,13-14H2,1-2H3;(H,6,7). The van der Waals surface area contributed by atoms with E-state index in [1.54, 1.807) is 30.2 Å². The quantitative estimate of drug-likeness (QED) is 0.462. The first-order chi connectivity index (χ1) is 17.0. The van der Waals surface area contributed by atoms with Gasteiger partial charge in [0.05, 0.1) is 31.0 Å². The van der Waals surface area contributed by atoms with Crippen LogP contribution in [0.2, 0.25) is 0 Å². The second-order valence-electron chi connectivity index (χ2n) is 8.11. The minimum Gasteiger partial charge on any atom is -0.475 e. The van der Waals surface area contributed by atoms with Crippen molar-refractivity contribution in [3.8, 4) is 11.3 Å². The molecule has 0 bridgehead atoms. The highest BCUT2D eigenvalue weighted by Gasteiger charge is 2.38. The summed E-state index contributed by atoms with van der Waals surface area (Å²) < 4.78 is 37.3. The van der Waals surface area contributed by atoms with E-state index in [4.69, 9.17) is 15.0 Å². The normalized spacial score (nSPS) is 12.8. The lowest BCUT2D eigenvalue weighted by Gasteiger charge is -2.21. The monoisotopic (exact) mass is 501 g/mol. The van der Waals surface area contributed by atoms with Crippen LogP contribution in [0, 0.1) is 0 Å². The third-order valence-corrected chi connectivity index (χ3v) is 5.62. The van der Waals surface area contributed by atoms with Crippen LogP contribution in [0.5, 0.6) is 0 Å². The summed E-state index contributed by atoms with van der Waals surface area (Å²) in [6.45, 7) is 1.61. The summed E-state index contributed by atoms with van der Waals surface area (Å²) in [7, 11) is 3.79. The molecule has 10 nitrogen and oxygen atoms in total. The molecule has 4 aromatic rings. The van der Waals surface area contributed by atoms with Crippen molar-refractivity contribution in [2.75, 3.05) is 0 Å². The molecule has 188 valence electrons. The molecule has 0 radical (unpaired) electrons. The highest BCUT2D eigenvalue weighted by atomic mass is 19.4. The Hall–Kier alpha value is -4.42. The van der Waals surface area contributed by atoms with Crippen molar-refractivity contribution in [1.29, 1.82) is 0 Å². The number of amides is 1. The van der Waals surface area contributed by atoms with Gasteiger partial charge in [0.15, 0.2) is 0 Å². The van der Waals surface area contributed by atoms with E-state index in [0.29, 0.717) is 25.3 Å². The third kappa shape index (κ3) is 5.14. The Labute approximate surface area is 203 Å². The van der Waals surface area contributed by atoms with Crippen molar-refractivity contribution < 1.29 is 27.9 Å². The second kappa shape index (κ2) is 9.68. The zero-order chi connectivity index (χ0) is 26.0. The Morgan fingerprint density at radius 1 is 1.08 bits per heavy atom. The summed E-state index contributed by atoms with van der Waals surface area (Å²) in [6.07, 6.45) is 2.39. The SMILES string of the molecule is Cn1ccc2c1CN(C(=O)c1ccnn1C)Cc1cn(Cc3ccccn3)nc1-2.O=C(O)C(F)(F)F. The first kappa shape index (κ1) is 24.7. The Morgan fingerprint density at radius 3 is 2.44 bits per heavy atom. The van der Waals surface area contributed by atoms with Gasteiger partial charge in [-0.2, -0.15) is 23.4 Å². The lowest BCUT2D eigenvalue weighted by atomic mass is 10.1. The Bertz CT molecular complexity index is 1390. The summed E-state index contributed by atoms with van der Waals surface area (Å²) in [6, 6.07) is 9.69. The highest BCUT2D eigenvalue weighted by Crippen LogP contribution is 2.32. The van der Waals surface area contributed by atoms with Crippen LogP contribution >= 0.6 is 0 Å². The number of aliphatic carboxylic acids is 1. The fraction of sp³-hybridized carbons (Fsp3) is 0.261. The maximum atomic E-state index is 13.2. The van der Waals surface area contributed by atoms with E-state index in [9.17, 15) is 18.0 Å². The van der Waals surface area contributed by atoms with Gasteiger partial charge < -0.3 is 14.6 Å². The summed E-state index contributed by atoms with van der Waals surface area (Å²) in [5, 5.41) is 16.1. The van der Waals surface area contributed by atoms with Crippen LogP contribution in [-0.2, 0) is 38.5 Å². The molecule has 0 aromatic carbocycles. The van der Waals surface area contributed by atoms with E-state index in [2.05, 4.69) is 20.7 Å². The molecule has 0 spiro atoms. The van der Waals surface area contributed by atoms with E-state index >= 15 is 0 Å². The van der Waals surface area contributed by atoms with E-state index in [-0.39, 0.29) is 5.91 Å². The molecule has 1 aliphatic heterocycles. The average molecular weight is 501 g/mol. The number of alkyl halides is 3. The number of fused-ring (bicyclic) bond motifs is 3. The van der Waals surface area contributed by atoms with E-state index in [1.165, 1.54) is 0 Å². The molecular formula is C23H22F3N7O3. The number of carboxylic acids is 1. The van der Waals surface area contributed by atoms with Crippen molar-refractivity contribution in [3.63, 3.8) is 0 Å². The number of rotatable bonds is 3. The fourth-order valence-electron chi connectivity index (χ4n) is 3.85. The summed E-state index contributed by atoms with van der Waals surface area (Å²) in [5.41, 5.74) is 5.62. The minimum absolute atomic E-state index is 0.0394. The predicted molar refractivity (Wildman–Crippen MR) is 120 cm³/mol. The van der Waals surface area contributed by atoms with Gasteiger partial charge in [0.25, 0.3) is 5.91 Å². The van der Waals surface area contributed by atoms with Gasteiger partial charge >= 0.3 is 12.1 Å². The van der Waals surface area contributed by atoms with Crippen LogP contribution in [0.4, 0.5) is 13.2 Å². The Balaban J connectivity index is 0.000000384. The van der Waals surface area contributed by atoms with Gasteiger partial charge in [0.2, 0.25) is 0 Å². The Morgan fingerprint density at radius 2 is 1.83 bits per heavy atom. The van der Waals surface area contributed by atoms with Crippen molar-refractivity contribution in [1.82, 2.24) is 34.0 Å². The zero-order valence-corrected chi connectivity index (χ0v) is 19.3. The molecule has 0 unspecified atom stereocenters. The first-order valence-corrected chi connectivity index (χ1v) is 10.7. The molecule has 0 saturated heterocycles. The molecule has 1 aliphatic rings. The van der Waals surface area contributed by atoms with Gasteiger partial charge in [-0.05, 0) is 24.3 Å². The van der Waals surface area contributed by atoms with Gasteiger partial charge in [-0.1, -0.05) is 6.07 Å². The van der Waals surface area contributed by atoms with Crippen LogP contribution in [-0.4, -0.2) is 57.2 Å². The van der Waals surface area contributed by atoms with Crippen molar-refractivity contribution >= 4 is 11.9 Å². The van der Waals surface area contributed by atoms with E-state index < -0.39 is 12.1 Å². The Kier molecular flexibility index (Phi) is 6.64. The molecular weight excluding hydrogens is 479 g/mol. The first-order valence-electron chi connectivity index (χ1n) is 10.7. The summed E-state index contributed by atoms with van der Waals surface area (Å²) >= 11 is 0. The van der Waals surface area contributed by atoms with Gasteiger partial charge in [-0.25, -0.2) is 4.79 Å². The number of aromatic nitrogens is 6. The van der Waals surface area contributed by atoms with Crippen LogP contribution < -0.4 is 0 Å². The number of halogens is 3. The predicted octanol–water partition coefficient (Wildman–Crippen LogP) is 2.85. The molecule has 0 fully saturated rings. The van der Waals surface area contributed by atoms with Crippen molar-refractivity contribution in [2.45, 2.75) is 25.8 Å². The zero-order valence-electron chi connectivity index (χ0n) is 19.3. The second-order valence-corrected chi connectivity index (χ2v) is 8.11. The van der Waals surface area contributed by atoms with Gasteiger partial charge in [-0.3, -0.25) is 19.1 Å². The van der Waals surface area contributed by atoms with Crippen LogP contribution in [0.15, 0.2) is 55.1 Å². The van der Waals surface area contributed by atoms with Gasteiger partial charge in [0.1, 0.15) is 5.69 Å². The summed E-state index contributed by atoms with van der Waals surface area (Å²) in [5.74, 6) is -2.80. The minimum atomic E-state index is -5.08. The highest BCUT2D eigenvalue weighted by molar-refractivity contribution is 5.93. The number of pyridine rings is 1. The summed E-state index contributed by atoms with van der Waals surface area (Å²) in [4.78, 5) is 28.3. The van der Waals surface area contributed by atoms with Gasteiger partial charge in [-0.15, -0.1) is 0 Å². The average Bonchev–Trinajstić information content (AvgIpc) is 3.50. The molecule has 36 heavy (non-hydrogen) atoms. The largest absolute Gasteiger partial charge is 0.490 e. The number of carbonyl (C=O) groups is 2. The number of aryl methyl sites for hydroxylation is 2. The fourth-order valence-corrected chi connectivity index (χ4v) is 3.85. The number of nitrogens with zero attached hydrogens (tertiary/aromatic N) is 7. The lowest BCUT2D eigenvalue weighted by molar-refractivity contribution is -0.192. The third-order valence-electron chi connectivity index (χ3n) is 5.62. The molecule has 5 heterocycles. The van der Waals surface area contributed by atoms with E-state index in [1.807, 2.05) is 47.2 Å². The molecule has 4 aromatic heterocycles. The molecule has 13 heteroatoms. The van der Waals surface area contributed by atoms with Crippen LogP contribution in [0.3, 0.4) is 0 Å². The molecule has 1 amide bonds. The molecule has 5 rings (SSSR count). The van der Waals surface area contributed by atoms with Crippen LogP contribution in [0.1, 0.15) is 27.4 Å². The number of hydrogen-bond donors (Lipinski definition) is 1. The van der Waals surface area contributed by atoms with Gasteiger partial charge in [0, 0.05) is 55.7 Å². The van der Waals surface area contributed by atoms with E-state index in [0.717, 1.165) is 28.2 Å². The number of hydrogen-bond acceptors (Lipinski definition) is 5. The van der Waals surface area contributed by atoms with Crippen molar-refractivity contribution in [3.05, 3.63) is 77.8 Å². The molecule has 0 aliphatic carbocycles. The number of carboxylic acid groups (broad SMARTS) is 1. The molecule has 0 atom stereocenters. The van der Waals surface area contributed by atoms with Crippen LogP contribution in [0.25, 0.3) is 11.3 Å². The smallest absolute Gasteiger partial charge is 0.475 e.